The zero-order chi connectivity index (χ0) is 13.8. The van der Waals surface area contributed by atoms with Gasteiger partial charge in [0.2, 0.25) is 5.91 Å². The van der Waals surface area contributed by atoms with Crippen molar-refractivity contribution in [3.63, 3.8) is 0 Å². The molecule has 2 rings (SSSR count). The molecule has 1 aliphatic rings. The first-order valence-electron chi connectivity index (χ1n) is 6.67. The van der Waals surface area contributed by atoms with Crippen LogP contribution in [0, 0.1) is 5.92 Å². The van der Waals surface area contributed by atoms with E-state index < -0.39 is 5.91 Å². The van der Waals surface area contributed by atoms with E-state index in [0.717, 1.165) is 16.6 Å². The Morgan fingerprint density at radius 2 is 2.11 bits per heavy atom. The van der Waals surface area contributed by atoms with Crippen LogP contribution in [0.1, 0.15) is 36.0 Å². The van der Waals surface area contributed by atoms with E-state index >= 15 is 0 Å². The number of hydrogen-bond acceptors (Lipinski definition) is 3. The number of nitrogens with two attached hydrogens (primary N) is 2. The smallest absolute Gasteiger partial charge is 0.248 e. The number of hydrogen-bond donors (Lipinski definition) is 3. The van der Waals surface area contributed by atoms with E-state index in [0.29, 0.717) is 24.1 Å². The molecular formula is C14H20BrN3O. The molecule has 0 heterocycles. The van der Waals surface area contributed by atoms with Crippen LogP contribution >= 0.6 is 15.9 Å². The molecule has 0 bridgehead atoms. The molecule has 1 aromatic rings. The second kappa shape index (κ2) is 6.39. The lowest BCUT2D eigenvalue weighted by molar-refractivity contribution is 0.100. The fourth-order valence-electron chi connectivity index (χ4n) is 2.66. The number of carbonyl (C=O) groups is 1. The number of amides is 1. The Hall–Kier alpha value is -1.07. The van der Waals surface area contributed by atoms with Gasteiger partial charge in [-0.05, 0) is 59.4 Å². The van der Waals surface area contributed by atoms with Crippen LogP contribution in [-0.2, 0) is 0 Å². The van der Waals surface area contributed by atoms with Gasteiger partial charge in [-0.15, -0.1) is 0 Å². The molecule has 1 fully saturated rings. The van der Waals surface area contributed by atoms with E-state index in [9.17, 15) is 4.79 Å². The minimum atomic E-state index is -0.412. The molecule has 1 saturated carbocycles. The summed E-state index contributed by atoms with van der Waals surface area (Å²) < 4.78 is 0.866. The second-order valence-electron chi connectivity index (χ2n) is 5.09. The molecule has 2 unspecified atom stereocenters. The highest BCUT2D eigenvalue weighted by Crippen LogP contribution is 2.30. The summed E-state index contributed by atoms with van der Waals surface area (Å²) in [4.78, 5) is 11.1. The van der Waals surface area contributed by atoms with E-state index in [1.807, 2.05) is 6.07 Å². The van der Waals surface area contributed by atoms with E-state index in [4.69, 9.17) is 11.5 Å². The highest BCUT2D eigenvalue weighted by Gasteiger charge is 2.24. The molecule has 104 valence electrons. The Morgan fingerprint density at radius 1 is 1.37 bits per heavy atom. The average Bonchev–Trinajstić information content (AvgIpc) is 2.41. The Labute approximate surface area is 122 Å². The number of carbonyl (C=O) groups excluding carboxylic acids is 1. The Morgan fingerprint density at radius 3 is 2.74 bits per heavy atom. The zero-order valence-corrected chi connectivity index (χ0v) is 12.4. The van der Waals surface area contributed by atoms with E-state index in [2.05, 4.69) is 21.2 Å². The van der Waals surface area contributed by atoms with Gasteiger partial charge < -0.3 is 16.8 Å². The normalized spacial score (nSPS) is 23.1. The lowest BCUT2D eigenvalue weighted by atomic mass is 9.84. The summed E-state index contributed by atoms with van der Waals surface area (Å²) >= 11 is 3.48. The van der Waals surface area contributed by atoms with Gasteiger partial charge in [-0.25, -0.2) is 0 Å². The highest BCUT2D eigenvalue weighted by molar-refractivity contribution is 9.10. The van der Waals surface area contributed by atoms with Crippen molar-refractivity contribution in [2.24, 2.45) is 17.4 Å². The molecule has 2 atom stereocenters. The molecule has 0 saturated heterocycles. The third-order valence-electron chi connectivity index (χ3n) is 3.81. The molecule has 4 nitrogen and oxygen atoms in total. The minimum absolute atomic E-state index is 0.412. The van der Waals surface area contributed by atoms with Crippen molar-refractivity contribution in [1.29, 1.82) is 0 Å². The van der Waals surface area contributed by atoms with E-state index in [1.54, 1.807) is 12.1 Å². The fourth-order valence-corrected chi connectivity index (χ4v) is 3.16. The lowest BCUT2D eigenvalue weighted by Crippen LogP contribution is -2.36. The average molecular weight is 326 g/mol. The van der Waals surface area contributed by atoms with Crippen molar-refractivity contribution in [1.82, 2.24) is 0 Å². The molecule has 19 heavy (non-hydrogen) atoms. The predicted octanol–water partition coefficient (Wildman–Crippen LogP) is 2.48. The molecule has 1 aliphatic carbocycles. The van der Waals surface area contributed by atoms with Gasteiger partial charge in [-0.2, -0.15) is 0 Å². The van der Waals surface area contributed by atoms with Crippen LogP contribution in [0.4, 0.5) is 5.69 Å². The van der Waals surface area contributed by atoms with Gasteiger partial charge in [-0.3, -0.25) is 4.79 Å². The SMILES string of the molecule is NCC1CCCCC1Nc1ccc(C(N)=O)cc1Br. The maximum atomic E-state index is 11.1. The highest BCUT2D eigenvalue weighted by atomic mass is 79.9. The maximum absolute atomic E-state index is 11.1. The number of benzene rings is 1. The lowest BCUT2D eigenvalue weighted by Gasteiger charge is -2.32. The van der Waals surface area contributed by atoms with Crippen molar-refractivity contribution in [2.75, 3.05) is 11.9 Å². The van der Waals surface area contributed by atoms with E-state index in [1.165, 1.54) is 19.3 Å². The summed E-state index contributed by atoms with van der Waals surface area (Å²) in [5.41, 5.74) is 12.6. The van der Waals surface area contributed by atoms with Crippen LogP contribution < -0.4 is 16.8 Å². The number of anilines is 1. The molecule has 0 radical (unpaired) electrons. The van der Waals surface area contributed by atoms with Crippen molar-refractivity contribution < 1.29 is 4.79 Å². The van der Waals surface area contributed by atoms with Gasteiger partial charge in [0.25, 0.3) is 0 Å². The molecule has 0 aliphatic heterocycles. The Kier molecular flexibility index (Phi) is 4.82. The summed E-state index contributed by atoms with van der Waals surface area (Å²) in [6.07, 6.45) is 4.84. The predicted molar refractivity (Wildman–Crippen MR) is 81.1 cm³/mol. The number of primary amides is 1. The third-order valence-corrected chi connectivity index (χ3v) is 4.46. The first kappa shape index (κ1) is 14.3. The van der Waals surface area contributed by atoms with Crippen LogP contribution in [0.25, 0.3) is 0 Å². The first-order valence-corrected chi connectivity index (χ1v) is 7.47. The van der Waals surface area contributed by atoms with E-state index in [-0.39, 0.29) is 0 Å². The molecule has 5 N–H and O–H groups in total. The number of rotatable bonds is 4. The zero-order valence-electron chi connectivity index (χ0n) is 10.9. The maximum Gasteiger partial charge on any atom is 0.248 e. The van der Waals surface area contributed by atoms with Crippen molar-refractivity contribution in [2.45, 2.75) is 31.7 Å². The van der Waals surface area contributed by atoms with Crippen LogP contribution in [0.3, 0.4) is 0 Å². The van der Waals surface area contributed by atoms with Gasteiger partial charge in [0.1, 0.15) is 0 Å². The topological polar surface area (TPSA) is 81.1 Å². The summed E-state index contributed by atoms with van der Waals surface area (Å²) in [7, 11) is 0. The summed E-state index contributed by atoms with van der Waals surface area (Å²) in [6, 6.07) is 5.81. The second-order valence-corrected chi connectivity index (χ2v) is 5.94. The standard InChI is InChI=1S/C14H20BrN3O/c15-11-7-9(14(17)19)5-6-13(11)18-12-4-2-1-3-10(12)8-16/h5-7,10,12,18H,1-4,8,16H2,(H2,17,19). The molecule has 0 spiro atoms. The quantitative estimate of drug-likeness (QED) is 0.795. The third kappa shape index (κ3) is 3.48. The molecule has 0 aromatic heterocycles. The van der Waals surface area contributed by atoms with Crippen molar-refractivity contribution in [3.05, 3.63) is 28.2 Å². The molecule has 5 heteroatoms. The van der Waals surface area contributed by atoms with Crippen molar-refractivity contribution >= 4 is 27.5 Å². The monoisotopic (exact) mass is 325 g/mol. The Balaban J connectivity index is 2.11. The van der Waals surface area contributed by atoms with Crippen LogP contribution in [0.5, 0.6) is 0 Å². The van der Waals surface area contributed by atoms with Gasteiger partial charge in [0.15, 0.2) is 0 Å². The van der Waals surface area contributed by atoms with Crippen LogP contribution in [-0.4, -0.2) is 18.5 Å². The summed E-state index contributed by atoms with van der Waals surface area (Å²) in [5.74, 6) is 0.112. The van der Waals surface area contributed by atoms with Crippen LogP contribution in [0.2, 0.25) is 0 Å². The van der Waals surface area contributed by atoms with Crippen molar-refractivity contribution in [3.8, 4) is 0 Å². The summed E-state index contributed by atoms with van der Waals surface area (Å²) in [6.45, 7) is 0.717. The summed E-state index contributed by atoms with van der Waals surface area (Å²) in [5, 5.41) is 3.54. The van der Waals surface area contributed by atoms with Gasteiger partial charge in [0.05, 0.1) is 0 Å². The first-order chi connectivity index (χ1) is 9.11. The minimum Gasteiger partial charge on any atom is -0.381 e. The molecule has 1 amide bonds. The van der Waals surface area contributed by atoms with Gasteiger partial charge in [0, 0.05) is 21.8 Å². The number of nitrogens with one attached hydrogen (secondary N) is 1. The molecule has 1 aromatic carbocycles. The fraction of sp³-hybridized carbons (Fsp3) is 0.500. The molecular weight excluding hydrogens is 306 g/mol. The van der Waals surface area contributed by atoms with Gasteiger partial charge >= 0.3 is 0 Å². The van der Waals surface area contributed by atoms with Gasteiger partial charge in [-0.1, -0.05) is 12.8 Å². The largest absolute Gasteiger partial charge is 0.381 e. The van der Waals surface area contributed by atoms with Crippen LogP contribution in [0.15, 0.2) is 22.7 Å². The number of halogens is 1. The Bertz CT molecular complexity index is 464.